The fourth-order valence-corrected chi connectivity index (χ4v) is 2.65. The highest BCUT2D eigenvalue weighted by Crippen LogP contribution is 2.19. The second-order valence-corrected chi connectivity index (χ2v) is 5.24. The highest BCUT2D eigenvalue weighted by molar-refractivity contribution is 9.10. The zero-order valence-corrected chi connectivity index (χ0v) is 11.1. The van der Waals surface area contributed by atoms with Gasteiger partial charge in [-0.25, -0.2) is 0 Å². The van der Waals surface area contributed by atoms with E-state index in [1.807, 2.05) is 30.3 Å². The number of hydroxylamine groups is 1. The second-order valence-electron chi connectivity index (χ2n) is 3.33. The molecule has 4 heteroatoms. The van der Waals surface area contributed by atoms with Crippen LogP contribution in [0.25, 0.3) is 0 Å². The number of hydrogen-bond donors (Lipinski definition) is 1. The Kier molecular flexibility index (Phi) is 4.54. The van der Waals surface area contributed by atoms with Crippen LogP contribution in [-0.4, -0.2) is 0 Å². The van der Waals surface area contributed by atoms with Gasteiger partial charge in [-0.3, -0.25) is 4.84 Å². The highest BCUT2D eigenvalue weighted by Gasteiger charge is 1.97. The van der Waals surface area contributed by atoms with Gasteiger partial charge in [0.15, 0.2) is 0 Å². The van der Waals surface area contributed by atoms with Crippen molar-refractivity contribution in [2.24, 2.45) is 0 Å². The Morgan fingerprint density at radius 2 is 2.06 bits per heavy atom. The topological polar surface area (TPSA) is 21.3 Å². The molecule has 0 aliphatic rings. The molecule has 84 valence electrons. The van der Waals surface area contributed by atoms with E-state index >= 15 is 0 Å². The molecule has 1 heterocycles. The molecule has 0 spiro atoms. The summed E-state index contributed by atoms with van der Waals surface area (Å²) >= 11 is 5.13. The summed E-state index contributed by atoms with van der Waals surface area (Å²) in [6.07, 6.45) is 0. The zero-order chi connectivity index (χ0) is 11.2. The van der Waals surface area contributed by atoms with Crippen LogP contribution < -0.4 is 5.48 Å². The molecule has 16 heavy (non-hydrogen) atoms. The van der Waals surface area contributed by atoms with E-state index in [1.165, 1.54) is 10.4 Å². The molecule has 0 fully saturated rings. The quantitative estimate of drug-likeness (QED) is 0.671. The third-order valence-corrected chi connectivity index (χ3v) is 3.75. The van der Waals surface area contributed by atoms with Crippen LogP contribution in [0.15, 0.2) is 46.3 Å². The smallest absolute Gasteiger partial charge is 0.0933 e. The van der Waals surface area contributed by atoms with Crippen molar-refractivity contribution in [3.05, 3.63) is 56.7 Å². The van der Waals surface area contributed by atoms with Gasteiger partial charge in [-0.1, -0.05) is 30.3 Å². The van der Waals surface area contributed by atoms with Gasteiger partial charge in [0.2, 0.25) is 0 Å². The number of hydrogen-bond acceptors (Lipinski definition) is 3. The second kappa shape index (κ2) is 6.15. The average molecular weight is 298 g/mol. The van der Waals surface area contributed by atoms with E-state index in [0.717, 1.165) is 11.0 Å². The Bertz CT molecular complexity index is 430. The van der Waals surface area contributed by atoms with E-state index in [0.29, 0.717) is 6.61 Å². The first-order valence-electron chi connectivity index (χ1n) is 4.96. The number of rotatable bonds is 5. The van der Waals surface area contributed by atoms with Crippen LogP contribution in [0.5, 0.6) is 0 Å². The van der Waals surface area contributed by atoms with Gasteiger partial charge in [-0.2, -0.15) is 5.48 Å². The van der Waals surface area contributed by atoms with Crippen molar-refractivity contribution in [1.29, 1.82) is 0 Å². The maximum Gasteiger partial charge on any atom is 0.0933 e. The Hall–Kier alpha value is -0.680. The van der Waals surface area contributed by atoms with Crippen LogP contribution in [-0.2, 0) is 18.0 Å². The summed E-state index contributed by atoms with van der Waals surface area (Å²) in [7, 11) is 0. The van der Waals surface area contributed by atoms with Crippen molar-refractivity contribution in [2.45, 2.75) is 13.2 Å². The number of halogens is 1. The van der Waals surface area contributed by atoms with Crippen LogP contribution in [0.3, 0.4) is 0 Å². The average Bonchev–Trinajstić information content (AvgIpc) is 2.72. The molecule has 0 amide bonds. The molecule has 0 bridgehead atoms. The van der Waals surface area contributed by atoms with Crippen molar-refractivity contribution in [3.8, 4) is 0 Å². The monoisotopic (exact) mass is 297 g/mol. The Morgan fingerprint density at radius 3 is 2.75 bits per heavy atom. The summed E-state index contributed by atoms with van der Waals surface area (Å²) in [5.74, 6) is 0. The van der Waals surface area contributed by atoms with Crippen LogP contribution in [0, 0.1) is 0 Å². The third kappa shape index (κ3) is 3.72. The Balaban J connectivity index is 1.69. The predicted molar refractivity (Wildman–Crippen MR) is 70.1 cm³/mol. The van der Waals surface area contributed by atoms with Gasteiger partial charge in [-0.05, 0) is 27.6 Å². The maximum absolute atomic E-state index is 5.37. The number of nitrogens with one attached hydrogen (secondary N) is 1. The molecule has 0 saturated heterocycles. The lowest BCUT2D eigenvalue weighted by Gasteiger charge is -2.04. The van der Waals surface area contributed by atoms with E-state index in [9.17, 15) is 0 Å². The summed E-state index contributed by atoms with van der Waals surface area (Å²) in [5.41, 5.74) is 4.12. The Labute approximate surface area is 107 Å². The normalized spacial score (nSPS) is 10.6. The molecule has 1 aromatic carbocycles. The summed E-state index contributed by atoms with van der Waals surface area (Å²) in [5, 5.41) is 2.06. The van der Waals surface area contributed by atoms with E-state index in [-0.39, 0.29) is 0 Å². The van der Waals surface area contributed by atoms with Crippen LogP contribution in [0.1, 0.15) is 10.4 Å². The van der Waals surface area contributed by atoms with Gasteiger partial charge < -0.3 is 0 Å². The molecule has 1 aromatic heterocycles. The molecule has 0 radical (unpaired) electrons. The summed E-state index contributed by atoms with van der Waals surface area (Å²) in [6.45, 7) is 1.33. The minimum atomic E-state index is 0.591. The molecule has 2 nitrogen and oxygen atoms in total. The third-order valence-electron chi connectivity index (χ3n) is 2.05. The van der Waals surface area contributed by atoms with E-state index in [2.05, 4.69) is 32.9 Å². The highest BCUT2D eigenvalue weighted by atomic mass is 79.9. The lowest BCUT2D eigenvalue weighted by atomic mass is 10.2. The van der Waals surface area contributed by atoms with Crippen LogP contribution in [0.2, 0.25) is 0 Å². The van der Waals surface area contributed by atoms with Crippen molar-refractivity contribution >= 4 is 27.3 Å². The van der Waals surface area contributed by atoms with Gasteiger partial charge >= 0.3 is 0 Å². The van der Waals surface area contributed by atoms with Gasteiger partial charge in [0.1, 0.15) is 0 Å². The molecule has 2 aromatic rings. The van der Waals surface area contributed by atoms with Crippen LogP contribution in [0.4, 0.5) is 0 Å². The van der Waals surface area contributed by atoms with E-state index in [4.69, 9.17) is 4.84 Å². The molecule has 0 saturated carbocycles. The van der Waals surface area contributed by atoms with Gasteiger partial charge in [0, 0.05) is 14.7 Å². The summed E-state index contributed by atoms with van der Waals surface area (Å²) in [4.78, 5) is 6.62. The van der Waals surface area contributed by atoms with Crippen LogP contribution >= 0.6 is 27.3 Å². The molecule has 0 aliphatic heterocycles. The fraction of sp³-hybridized carbons (Fsp3) is 0.167. The van der Waals surface area contributed by atoms with Crippen molar-refractivity contribution < 1.29 is 4.84 Å². The van der Waals surface area contributed by atoms with Crippen molar-refractivity contribution in [3.63, 3.8) is 0 Å². The SMILES string of the molecule is Brc1csc(CNOCc2ccccc2)c1. The van der Waals surface area contributed by atoms with E-state index in [1.54, 1.807) is 11.3 Å². The van der Waals surface area contributed by atoms with Crippen molar-refractivity contribution in [2.75, 3.05) is 0 Å². The minimum Gasteiger partial charge on any atom is -0.297 e. The number of thiophene rings is 1. The molecule has 0 atom stereocenters. The lowest BCUT2D eigenvalue weighted by molar-refractivity contribution is 0.0240. The first-order chi connectivity index (χ1) is 7.84. The molecular formula is C12H12BrNOS. The molecule has 0 unspecified atom stereocenters. The molecule has 1 N–H and O–H groups in total. The standard InChI is InChI=1S/C12H12BrNOS/c13-11-6-12(16-9-11)7-14-15-8-10-4-2-1-3-5-10/h1-6,9,14H,7-8H2. The predicted octanol–water partition coefficient (Wildman–Crippen LogP) is 3.73. The van der Waals surface area contributed by atoms with Gasteiger partial charge in [0.05, 0.1) is 13.2 Å². The number of benzene rings is 1. The zero-order valence-electron chi connectivity index (χ0n) is 8.65. The molecule has 2 rings (SSSR count). The first-order valence-corrected chi connectivity index (χ1v) is 6.63. The van der Waals surface area contributed by atoms with Gasteiger partial charge in [0.25, 0.3) is 0 Å². The largest absolute Gasteiger partial charge is 0.297 e. The lowest BCUT2D eigenvalue weighted by Crippen LogP contribution is -2.12. The maximum atomic E-state index is 5.37. The fourth-order valence-electron chi connectivity index (χ4n) is 1.28. The minimum absolute atomic E-state index is 0.591. The van der Waals surface area contributed by atoms with E-state index < -0.39 is 0 Å². The van der Waals surface area contributed by atoms with Crippen molar-refractivity contribution in [1.82, 2.24) is 5.48 Å². The first kappa shape index (κ1) is 11.8. The summed E-state index contributed by atoms with van der Waals surface area (Å²) in [6, 6.07) is 12.2. The molecular weight excluding hydrogens is 286 g/mol. The van der Waals surface area contributed by atoms with Gasteiger partial charge in [-0.15, -0.1) is 11.3 Å². The molecule has 0 aliphatic carbocycles. The summed E-state index contributed by atoms with van der Waals surface area (Å²) < 4.78 is 1.12. The Morgan fingerprint density at radius 1 is 1.25 bits per heavy atom.